The maximum Gasteiger partial charge on any atom is 0.255 e. The normalized spacial score (nSPS) is 18.8. The zero-order valence-corrected chi connectivity index (χ0v) is 17.5. The molecule has 8 nitrogen and oxygen atoms in total. The minimum Gasteiger partial charge on any atom is -0.496 e. The third kappa shape index (κ3) is 4.08. The molecule has 0 bridgehead atoms. The van der Waals surface area contributed by atoms with Gasteiger partial charge in [-0.25, -0.2) is 8.42 Å². The number of methoxy groups -OCH3 is 1. The number of hydrogen-bond donors (Lipinski definition) is 1. The monoisotopic (exact) mass is 432 g/mol. The summed E-state index contributed by atoms with van der Waals surface area (Å²) in [6.07, 6.45) is 1.33. The molecule has 1 fully saturated rings. The lowest BCUT2D eigenvalue weighted by atomic mass is 10.2. The van der Waals surface area contributed by atoms with Crippen molar-refractivity contribution in [2.75, 3.05) is 33.4 Å². The van der Waals surface area contributed by atoms with Crippen LogP contribution in [-0.2, 0) is 10.0 Å². The van der Waals surface area contributed by atoms with Gasteiger partial charge in [0, 0.05) is 13.1 Å². The van der Waals surface area contributed by atoms with Crippen molar-refractivity contribution in [2.24, 2.45) is 0 Å². The summed E-state index contributed by atoms with van der Waals surface area (Å²) in [5.41, 5.74) is 0.162. The first kappa shape index (κ1) is 20.5. The molecule has 0 saturated carbocycles. The van der Waals surface area contributed by atoms with Crippen LogP contribution in [0.1, 0.15) is 23.2 Å². The average molecular weight is 432 g/mol. The van der Waals surface area contributed by atoms with Gasteiger partial charge in [-0.15, -0.1) is 0 Å². The number of amides is 1. The van der Waals surface area contributed by atoms with Gasteiger partial charge in [-0.3, -0.25) is 4.79 Å². The molecule has 160 valence electrons. The molecule has 0 radical (unpaired) electrons. The third-order valence-electron chi connectivity index (χ3n) is 5.18. The number of ether oxygens (including phenoxy) is 3. The number of sulfonamides is 1. The molecule has 1 atom stereocenters. The molecule has 2 aromatic rings. The summed E-state index contributed by atoms with van der Waals surface area (Å²) in [7, 11) is -2.20. The zero-order chi connectivity index (χ0) is 21.1. The molecule has 0 aromatic heterocycles. The van der Waals surface area contributed by atoms with E-state index in [1.165, 1.54) is 29.6 Å². The Morgan fingerprint density at radius 2 is 1.90 bits per heavy atom. The Kier molecular flexibility index (Phi) is 5.83. The van der Waals surface area contributed by atoms with Gasteiger partial charge in [0.2, 0.25) is 10.0 Å². The van der Waals surface area contributed by atoms with Gasteiger partial charge in [-0.05, 0) is 43.2 Å². The number of rotatable bonds is 6. The minimum absolute atomic E-state index is 0.0847. The Labute approximate surface area is 175 Å². The molecule has 0 aliphatic carbocycles. The minimum atomic E-state index is -3.64. The maximum absolute atomic E-state index is 12.8. The molecule has 2 heterocycles. The lowest BCUT2D eigenvalue weighted by Gasteiger charge is -2.26. The highest BCUT2D eigenvalue weighted by molar-refractivity contribution is 7.89. The van der Waals surface area contributed by atoms with Crippen LogP contribution in [0.25, 0.3) is 0 Å². The highest BCUT2D eigenvalue weighted by atomic mass is 32.2. The summed E-state index contributed by atoms with van der Waals surface area (Å²) >= 11 is 0. The van der Waals surface area contributed by atoms with Gasteiger partial charge < -0.3 is 19.5 Å². The number of nitrogens with zero attached hydrogens (tertiary/aromatic N) is 1. The molecular formula is C21H24N2O6S. The van der Waals surface area contributed by atoms with Crippen molar-refractivity contribution >= 4 is 15.9 Å². The molecule has 1 amide bonds. The second-order valence-corrected chi connectivity index (χ2v) is 9.12. The molecule has 2 aliphatic rings. The fraction of sp³-hybridized carbons (Fsp3) is 0.381. The van der Waals surface area contributed by atoms with Crippen LogP contribution in [0.2, 0.25) is 0 Å². The van der Waals surface area contributed by atoms with Crippen LogP contribution in [-0.4, -0.2) is 58.1 Å². The number of fused-ring (bicyclic) bond motifs is 1. The first-order chi connectivity index (χ1) is 14.5. The van der Waals surface area contributed by atoms with Gasteiger partial charge in [0.25, 0.3) is 5.91 Å². The number of hydrogen-bond acceptors (Lipinski definition) is 6. The van der Waals surface area contributed by atoms with Gasteiger partial charge in [0.05, 0.1) is 24.1 Å². The third-order valence-corrected chi connectivity index (χ3v) is 7.07. The van der Waals surface area contributed by atoms with Gasteiger partial charge in [0.1, 0.15) is 18.5 Å². The maximum atomic E-state index is 12.8. The summed E-state index contributed by atoms with van der Waals surface area (Å²) in [5, 5.41) is 2.79. The number of carbonyl (C=O) groups excluding carboxylic acids is 1. The standard InChI is InChI=1S/C21H24N2O6S/c1-27-18-9-8-16(30(25,26)23-10-4-5-11-23)12-17(18)21(24)22-13-15-14-28-19-6-2-3-7-20(19)29-15/h2-3,6-9,12,15H,4-5,10-11,13-14H2,1H3,(H,22,24)/t15-/m1/s1. The molecule has 2 aromatic carbocycles. The van der Waals surface area contributed by atoms with Crippen LogP contribution in [0, 0.1) is 0 Å². The lowest BCUT2D eigenvalue weighted by molar-refractivity contribution is 0.0787. The Morgan fingerprint density at radius 1 is 1.17 bits per heavy atom. The number of para-hydroxylation sites is 2. The fourth-order valence-electron chi connectivity index (χ4n) is 3.57. The second-order valence-electron chi connectivity index (χ2n) is 7.18. The molecule has 1 saturated heterocycles. The van der Waals surface area contributed by atoms with Crippen LogP contribution in [0.5, 0.6) is 17.2 Å². The van der Waals surface area contributed by atoms with Crippen molar-refractivity contribution in [1.82, 2.24) is 9.62 Å². The van der Waals surface area contributed by atoms with Crippen LogP contribution < -0.4 is 19.5 Å². The number of benzene rings is 2. The van der Waals surface area contributed by atoms with E-state index >= 15 is 0 Å². The van der Waals surface area contributed by atoms with E-state index in [0.717, 1.165) is 12.8 Å². The van der Waals surface area contributed by atoms with E-state index in [2.05, 4.69) is 5.32 Å². The predicted molar refractivity (Wildman–Crippen MR) is 110 cm³/mol. The Morgan fingerprint density at radius 3 is 2.63 bits per heavy atom. The van der Waals surface area contributed by atoms with Crippen molar-refractivity contribution in [3.8, 4) is 17.2 Å². The van der Waals surface area contributed by atoms with E-state index < -0.39 is 15.9 Å². The first-order valence-corrected chi connectivity index (χ1v) is 11.3. The van der Waals surface area contributed by atoms with Gasteiger partial charge in [-0.2, -0.15) is 4.31 Å². The summed E-state index contributed by atoms with van der Waals surface area (Å²) in [5.74, 6) is 1.16. The molecule has 1 N–H and O–H groups in total. The van der Waals surface area contributed by atoms with Gasteiger partial charge >= 0.3 is 0 Å². The Bertz CT molecular complexity index is 1030. The molecule has 30 heavy (non-hydrogen) atoms. The highest BCUT2D eigenvalue weighted by Gasteiger charge is 2.29. The SMILES string of the molecule is COc1ccc(S(=O)(=O)N2CCCC2)cc1C(=O)NC[C@@H]1COc2ccccc2O1. The molecule has 4 rings (SSSR count). The fourth-order valence-corrected chi connectivity index (χ4v) is 5.11. The second kappa shape index (κ2) is 8.53. The molecular weight excluding hydrogens is 408 g/mol. The lowest BCUT2D eigenvalue weighted by Crippen LogP contribution is -2.40. The van der Waals surface area contributed by atoms with E-state index in [1.807, 2.05) is 18.2 Å². The van der Waals surface area contributed by atoms with Crippen molar-refractivity contribution in [3.63, 3.8) is 0 Å². The van der Waals surface area contributed by atoms with Crippen LogP contribution in [0.15, 0.2) is 47.4 Å². The smallest absolute Gasteiger partial charge is 0.255 e. The van der Waals surface area contributed by atoms with Gasteiger partial charge in [-0.1, -0.05) is 12.1 Å². The summed E-state index contributed by atoms with van der Waals surface area (Å²) < 4.78 is 43.9. The van der Waals surface area contributed by atoms with E-state index in [-0.39, 0.29) is 23.1 Å². The summed E-state index contributed by atoms with van der Waals surface area (Å²) in [6, 6.07) is 11.7. The van der Waals surface area contributed by atoms with Crippen molar-refractivity contribution in [2.45, 2.75) is 23.8 Å². The van der Waals surface area contributed by atoms with Crippen LogP contribution in [0.3, 0.4) is 0 Å². The van der Waals surface area contributed by atoms with Crippen LogP contribution >= 0.6 is 0 Å². The topological polar surface area (TPSA) is 94.2 Å². The number of carbonyl (C=O) groups is 1. The average Bonchev–Trinajstić information content (AvgIpc) is 3.33. The molecule has 0 unspecified atom stereocenters. The van der Waals surface area contributed by atoms with Crippen molar-refractivity contribution in [3.05, 3.63) is 48.0 Å². The zero-order valence-electron chi connectivity index (χ0n) is 16.7. The van der Waals surface area contributed by atoms with Crippen LogP contribution in [0.4, 0.5) is 0 Å². The van der Waals surface area contributed by atoms with Crippen molar-refractivity contribution in [1.29, 1.82) is 0 Å². The van der Waals surface area contributed by atoms with Crippen molar-refractivity contribution < 1.29 is 27.4 Å². The Hall–Kier alpha value is -2.78. The quantitative estimate of drug-likeness (QED) is 0.751. The van der Waals surface area contributed by atoms with E-state index in [9.17, 15) is 13.2 Å². The molecule has 2 aliphatic heterocycles. The van der Waals surface area contributed by atoms with E-state index in [1.54, 1.807) is 6.07 Å². The summed E-state index contributed by atoms with van der Waals surface area (Å²) in [4.78, 5) is 12.9. The molecule has 9 heteroatoms. The van der Waals surface area contributed by atoms with E-state index in [4.69, 9.17) is 14.2 Å². The Balaban J connectivity index is 1.48. The van der Waals surface area contributed by atoms with Gasteiger partial charge in [0.15, 0.2) is 11.5 Å². The molecule has 0 spiro atoms. The number of nitrogens with one attached hydrogen (secondary N) is 1. The highest BCUT2D eigenvalue weighted by Crippen LogP contribution is 2.31. The first-order valence-electron chi connectivity index (χ1n) is 9.84. The summed E-state index contributed by atoms with van der Waals surface area (Å²) in [6.45, 7) is 1.50. The van der Waals surface area contributed by atoms with E-state index in [0.29, 0.717) is 36.9 Å². The predicted octanol–water partition coefficient (Wildman–Crippen LogP) is 2.05. The largest absolute Gasteiger partial charge is 0.496 e.